The topological polar surface area (TPSA) is 110 Å². The average molecular weight is 510 g/mol. The van der Waals surface area contributed by atoms with Gasteiger partial charge in [-0.2, -0.15) is 4.31 Å². The lowest BCUT2D eigenvalue weighted by atomic mass is 9.94. The number of Topliss-reactive ketones (excluding diaryl/α,β-unsaturated/α-hetero) is 1. The molecule has 2 aromatic rings. The van der Waals surface area contributed by atoms with Gasteiger partial charge in [0.05, 0.1) is 16.4 Å². The lowest BCUT2D eigenvalue weighted by molar-refractivity contribution is -0.384. The summed E-state index contributed by atoms with van der Waals surface area (Å²) in [6, 6.07) is 10.3. The maximum Gasteiger partial charge on any atom is 0.270 e. The number of benzene rings is 2. The summed E-state index contributed by atoms with van der Waals surface area (Å²) in [5.41, 5.74) is 0.742. The van der Waals surface area contributed by atoms with Crippen LogP contribution in [0.1, 0.15) is 30.6 Å². The Hall–Kier alpha value is -2.30. The molecule has 10 heteroatoms. The molecule has 2 atom stereocenters. The summed E-state index contributed by atoms with van der Waals surface area (Å²) in [5, 5.41) is 13.8. The Morgan fingerprint density at radius 3 is 2.48 bits per heavy atom. The highest BCUT2D eigenvalue weighted by molar-refractivity contribution is 9.10. The average Bonchev–Trinajstić information content (AvgIpc) is 2.72. The lowest BCUT2D eigenvalue weighted by Gasteiger charge is -2.34. The van der Waals surface area contributed by atoms with Crippen LogP contribution in [0.3, 0.4) is 0 Å². The number of nitrogens with zero attached hydrogens (tertiary/aromatic N) is 2. The summed E-state index contributed by atoms with van der Waals surface area (Å²) in [6.45, 7) is 4.94. The number of hydrogen-bond donors (Lipinski definition) is 1. The third-order valence-corrected chi connectivity index (χ3v) is 7.72. The van der Waals surface area contributed by atoms with Crippen molar-refractivity contribution in [3.63, 3.8) is 0 Å². The summed E-state index contributed by atoms with van der Waals surface area (Å²) < 4.78 is 28.2. The Morgan fingerprint density at radius 1 is 1.19 bits per heavy atom. The zero-order valence-electron chi connectivity index (χ0n) is 17.2. The van der Waals surface area contributed by atoms with E-state index in [0.717, 1.165) is 6.42 Å². The van der Waals surface area contributed by atoms with Gasteiger partial charge in [0.1, 0.15) is 0 Å². The number of halogens is 1. The minimum absolute atomic E-state index is 0.0667. The molecule has 0 radical (unpaired) electrons. The van der Waals surface area contributed by atoms with Crippen LogP contribution in [0, 0.1) is 22.0 Å². The number of sulfonamides is 1. The number of piperidine rings is 1. The second-order valence-corrected chi connectivity index (χ2v) is 10.8. The molecule has 31 heavy (non-hydrogen) atoms. The molecule has 1 fully saturated rings. The van der Waals surface area contributed by atoms with E-state index in [4.69, 9.17) is 0 Å². The van der Waals surface area contributed by atoms with Crippen molar-refractivity contribution in [3.05, 3.63) is 62.6 Å². The van der Waals surface area contributed by atoms with E-state index in [1.807, 2.05) is 13.8 Å². The molecule has 166 valence electrons. The van der Waals surface area contributed by atoms with Crippen molar-refractivity contribution in [3.8, 4) is 0 Å². The lowest BCUT2D eigenvalue weighted by Crippen LogP contribution is -2.42. The predicted molar refractivity (Wildman–Crippen MR) is 122 cm³/mol. The molecule has 8 nitrogen and oxygen atoms in total. The van der Waals surface area contributed by atoms with Gasteiger partial charge in [0.2, 0.25) is 10.0 Å². The fraction of sp³-hybridized carbons (Fsp3) is 0.381. The number of nitro groups is 1. The smallest absolute Gasteiger partial charge is 0.270 e. The largest absolute Gasteiger partial charge is 0.377 e. The number of carbonyl (C=O) groups excluding carboxylic acids is 1. The molecule has 1 N–H and O–H groups in total. The molecular weight excluding hydrogens is 486 g/mol. The third-order valence-electron chi connectivity index (χ3n) is 5.23. The standard InChI is InChI=1S/C21H24BrN3O5S/c1-14-8-15(2)13-24(12-14)31(29,30)18-5-3-4-16(9-18)21(26)11-23-20-7-6-17(25(27)28)10-19(20)22/h3-7,9-10,14-15,23H,8,11-13H2,1-2H3. The quantitative estimate of drug-likeness (QED) is 0.338. The first-order valence-corrected chi connectivity index (χ1v) is 12.1. The van der Waals surface area contributed by atoms with E-state index in [9.17, 15) is 23.3 Å². The van der Waals surface area contributed by atoms with Gasteiger partial charge in [-0.1, -0.05) is 26.0 Å². The first-order valence-electron chi connectivity index (χ1n) is 9.89. The van der Waals surface area contributed by atoms with E-state index in [1.54, 1.807) is 12.1 Å². The van der Waals surface area contributed by atoms with Crippen molar-refractivity contribution in [2.75, 3.05) is 25.0 Å². The fourth-order valence-corrected chi connectivity index (χ4v) is 6.05. The van der Waals surface area contributed by atoms with Crippen LogP contribution in [0.5, 0.6) is 0 Å². The Kier molecular flexibility index (Phi) is 7.13. The maximum atomic E-state index is 13.1. The molecule has 3 rings (SSSR count). The van der Waals surface area contributed by atoms with Gasteiger partial charge in [-0.3, -0.25) is 14.9 Å². The number of nitrogens with one attached hydrogen (secondary N) is 1. The van der Waals surface area contributed by atoms with Crippen LogP contribution in [0.2, 0.25) is 0 Å². The molecule has 1 aliphatic heterocycles. The highest BCUT2D eigenvalue weighted by atomic mass is 79.9. The molecule has 0 spiro atoms. The highest BCUT2D eigenvalue weighted by Gasteiger charge is 2.32. The second kappa shape index (κ2) is 9.46. The zero-order valence-corrected chi connectivity index (χ0v) is 19.6. The minimum Gasteiger partial charge on any atom is -0.377 e. The van der Waals surface area contributed by atoms with Crippen LogP contribution in [0.25, 0.3) is 0 Å². The Bertz CT molecular complexity index is 1100. The van der Waals surface area contributed by atoms with Gasteiger partial charge in [0, 0.05) is 40.9 Å². The monoisotopic (exact) mass is 509 g/mol. The first kappa shape index (κ1) is 23.4. The van der Waals surface area contributed by atoms with Crippen molar-refractivity contribution in [1.82, 2.24) is 4.31 Å². The summed E-state index contributed by atoms with van der Waals surface area (Å²) >= 11 is 3.25. The highest BCUT2D eigenvalue weighted by Crippen LogP contribution is 2.28. The number of ketones is 1. The normalized spacial score (nSPS) is 19.7. The zero-order chi connectivity index (χ0) is 22.8. The number of rotatable bonds is 7. The number of anilines is 1. The Balaban J connectivity index is 1.74. The van der Waals surface area contributed by atoms with Crippen LogP contribution in [0.4, 0.5) is 11.4 Å². The summed E-state index contributed by atoms with van der Waals surface area (Å²) in [5.74, 6) is 0.281. The van der Waals surface area contributed by atoms with Gasteiger partial charge in [0.15, 0.2) is 5.78 Å². The summed E-state index contributed by atoms with van der Waals surface area (Å²) in [4.78, 5) is 23.1. The van der Waals surface area contributed by atoms with Crippen molar-refractivity contribution >= 4 is 43.1 Å². The van der Waals surface area contributed by atoms with Crippen LogP contribution in [0.15, 0.2) is 51.8 Å². The van der Waals surface area contributed by atoms with Crippen LogP contribution >= 0.6 is 15.9 Å². The molecule has 2 unspecified atom stereocenters. The SMILES string of the molecule is CC1CC(C)CN(S(=O)(=O)c2cccc(C(=O)CNc3ccc([N+](=O)[O-])cc3Br)c2)C1. The van der Waals surface area contributed by atoms with Gasteiger partial charge in [-0.15, -0.1) is 0 Å². The van der Waals surface area contributed by atoms with E-state index >= 15 is 0 Å². The van der Waals surface area contributed by atoms with Gasteiger partial charge >= 0.3 is 0 Å². The van der Waals surface area contributed by atoms with Gasteiger partial charge in [-0.25, -0.2) is 8.42 Å². The minimum atomic E-state index is -3.68. The molecule has 1 heterocycles. The van der Waals surface area contributed by atoms with E-state index in [-0.39, 0.29) is 40.3 Å². The molecule has 0 aliphatic carbocycles. The summed E-state index contributed by atoms with van der Waals surface area (Å²) in [7, 11) is -3.68. The Morgan fingerprint density at radius 2 is 1.87 bits per heavy atom. The molecular formula is C21H24BrN3O5S. The molecule has 2 aromatic carbocycles. The van der Waals surface area contributed by atoms with Crippen molar-refractivity contribution in [1.29, 1.82) is 0 Å². The van der Waals surface area contributed by atoms with E-state index in [0.29, 0.717) is 23.2 Å². The van der Waals surface area contributed by atoms with Crippen molar-refractivity contribution in [2.24, 2.45) is 11.8 Å². The van der Waals surface area contributed by atoms with Crippen molar-refractivity contribution in [2.45, 2.75) is 25.2 Å². The maximum absolute atomic E-state index is 13.1. The second-order valence-electron chi connectivity index (χ2n) is 7.99. The number of hydrogen-bond acceptors (Lipinski definition) is 6. The van der Waals surface area contributed by atoms with Gasteiger partial charge < -0.3 is 5.32 Å². The van der Waals surface area contributed by atoms with E-state index in [1.165, 1.54) is 34.6 Å². The molecule has 1 saturated heterocycles. The van der Waals surface area contributed by atoms with E-state index in [2.05, 4.69) is 21.2 Å². The van der Waals surface area contributed by atoms with Gasteiger partial charge in [0.25, 0.3) is 5.69 Å². The van der Waals surface area contributed by atoms with E-state index < -0.39 is 14.9 Å². The van der Waals surface area contributed by atoms with Gasteiger partial charge in [-0.05, 0) is 52.4 Å². The summed E-state index contributed by atoms with van der Waals surface area (Å²) in [6.07, 6.45) is 0.994. The van der Waals surface area contributed by atoms with Crippen LogP contribution in [-0.4, -0.2) is 43.1 Å². The first-order chi connectivity index (χ1) is 14.6. The molecule has 0 amide bonds. The molecule has 1 aliphatic rings. The predicted octanol–water partition coefficient (Wildman–Crippen LogP) is 4.32. The van der Waals surface area contributed by atoms with Crippen molar-refractivity contribution < 1.29 is 18.1 Å². The Labute approximate surface area is 190 Å². The van der Waals surface area contributed by atoms with Crippen LogP contribution in [-0.2, 0) is 10.0 Å². The molecule has 0 bridgehead atoms. The number of nitro benzene ring substituents is 1. The fourth-order valence-electron chi connectivity index (χ4n) is 3.82. The number of carbonyl (C=O) groups is 1. The van der Waals surface area contributed by atoms with Crippen LogP contribution < -0.4 is 5.32 Å². The number of non-ortho nitro benzene ring substituents is 1. The molecule has 0 aromatic heterocycles. The third kappa shape index (κ3) is 5.50. The molecule has 0 saturated carbocycles.